The van der Waals surface area contributed by atoms with Crippen LogP contribution < -0.4 is 10.6 Å². The Kier molecular flexibility index (Phi) is 6.57. The van der Waals surface area contributed by atoms with E-state index in [2.05, 4.69) is 5.32 Å². The molecule has 0 radical (unpaired) electrons. The molecule has 0 unspecified atom stereocenters. The van der Waals surface area contributed by atoms with Gasteiger partial charge >= 0.3 is 18.2 Å². The topological polar surface area (TPSA) is 98.7 Å². The molecule has 0 aliphatic heterocycles. The van der Waals surface area contributed by atoms with Crippen LogP contribution in [0.3, 0.4) is 0 Å². The van der Waals surface area contributed by atoms with Crippen LogP contribution in [0.4, 0.5) is 23.7 Å². The fourth-order valence-corrected chi connectivity index (χ4v) is 1.57. The summed E-state index contributed by atoms with van der Waals surface area (Å²) >= 11 is 0. The number of hydrogen-bond acceptors (Lipinski definition) is 3. The molecule has 1 aromatic rings. The summed E-state index contributed by atoms with van der Waals surface area (Å²) in [6.45, 7) is -1.42. The van der Waals surface area contributed by atoms with E-state index in [1.165, 1.54) is 31.3 Å². The van der Waals surface area contributed by atoms with Gasteiger partial charge in [-0.1, -0.05) is 0 Å². The van der Waals surface area contributed by atoms with Gasteiger partial charge in [0.15, 0.2) is 0 Å². The van der Waals surface area contributed by atoms with Gasteiger partial charge < -0.3 is 20.6 Å². The largest absolute Gasteiger partial charge is 0.481 e. The molecule has 0 bridgehead atoms. The zero-order chi connectivity index (χ0) is 18.3. The van der Waals surface area contributed by atoms with Crippen LogP contribution in [0.1, 0.15) is 16.8 Å². The molecule has 3 amide bonds. The number of amides is 3. The average Bonchev–Trinajstić information content (AvgIpc) is 2.50. The number of nitrogens with one attached hydrogen (secondary N) is 2. The maximum absolute atomic E-state index is 12.0. The van der Waals surface area contributed by atoms with Gasteiger partial charge in [-0.2, -0.15) is 13.2 Å². The van der Waals surface area contributed by atoms with Gasteiger partial charge in [0.2, 0.25) is 0 Å². The summed E-state index contributed by atoms with van der Waals surface area (Å²) in [5, 5.41) is 12.7. The summed E-state index contributed by atoms with van der Waals surface area (Å²) in [7, 11) is 1.41. The molecule has 0 fully saturated rings. The molecule has 7 nitrogen and oxygen atoms in total. The summed E-state index contributed by atoms with van der Waals surface area (Å²) < 4.78 is 36.1. The van der Waals surface area contributed by atoms with Gasteiger partial charge in [-0.15, -0.1) is 0 Å². The second-order valence-electron chi connectivity index (χ2n) is 4.87. The Morgan fingerprint density at radius 3 is 2.25 bits per heavy atom. The zero-order valence-electron chi connectivity index (χ0n) is 12.7. The van der Waals surface area contributed by atoms with Crippen molar-refractivity contribution >= 4 is 23.6 Å². The van der Waals surface area contributed by atoms with E-state index in [9.17, 15) is 27.6 Å². The highest BCUT2D eigenvalue weighted by atomic mass is 19.4. The van der Waals surface area contributed by atoms with Crippen molar-refractivity contribution in [1.29, 1.82) is 0 Å². The first-order valence-corrected chi connectivity index (χ1v) is 6.77. The monoisotopic (exact) mass is 347 g/mol. The fourth-order valence-electron chi connectivity index (χ4n) is 1.57. The molecule has 0 heterocycles. The van der Waals surface area contributed by atoms with Crippen LogP contribution in [0.15, 0.2) is 24.3 Å². The highest BCUT2D eigenvalue weighted by Crippen LogP contribution is 2.14. The Morgan fingerprint density at radius 2 is 1.75 bits per heavy atom. The number of halogens is 3. The van der Waals surface area contributed by atoms with Crippen LogP contribution in [-0.4, -0.2) is 54.2 Å². The molecule has 0 aromatic heterocycles. The normalized spacial score (nSPS) is 10.8. The number of benzene rings is 1. The van der Waals surface area contributed by atoms with Crippen molar-refractivity contribution in [1.82, 2.24) is 10.2 Å². The smallest absolute Gasteiger partial charge is 0.405 e. The summed E-state index contributed by atoms with van der Waals surface area (Å²) in [5.74, 6) is -1.92. The van der Waals surface area contributed by atoms with Crippen LogP contribution in [-0.2, 0) is 4.79 Å². The predicted molar refractivity (Wildman–Crippen MR) is 78.7 cm³/mol. The Morgan fingerprint density at radius 1 is 1.17 bits per heavy atom. The van der Waals surface area contributed by atoms with E-state index in [1.54, 1.807) is 5.32 Å². The van der Waals surface area contributed by atoms with E-state index < -0.39 is 30.6 Å². The molecule has 0 saturated heterocycles. The van der Waals surface area contributed by atoms with Crippen molar-refractivity contribution in [2.75, 3.05) is 25.5 Å². The van der Waals surface area contributed by atoms with Crippen LogP contribution >= 0.6 is 0 Å². The third kappa shape index (κ3) is 6.99. The lowest BCUT2D eigenvalue weighted by molar-refractivity contribution is -0.137. The van der Waals surface area contributed by atoms with Crippen molar-refractivity contribution < 1.29 is 32.7 Å². The van der Waals surface area contributed by atoms with Crippen molar-refractivity contribution in [2.45, 2.75) is 12.6 Å². The number of carboxylic acid groups (broad SMARTS) is 1. The molecule has 0 aliphatic carbocycles. The molecule has 0 saturated carbocycles. The minimum absolute atomic E-state index is 0.0106. The molecule has 3 N–H and O–H groups in total. The standard InChI is InChI=1S/C14H16F3N3O4/c1-20(7-6-11(21)22)13(24)19-10-4-2-9(3-5-10)12(23)18-8-14(15,16)17/h2-5H,6-8H2,1H3,(H,18,23)(H,19,24)(H,21,22). The number of rotatable bonds is 6. The number of nitrogens with zero attached hydrogens (tertiary/aromatic N) is 1. The van der Waals surface area contributed by atoms with Gasteiger partial charge in [0.1, 0.15) is 6.54 Å². The van der Waals surface area contributed by atoms with Crippen LogP contribution in [0.5, 0.6) is 0 Å². The number of carbonyl (C=O) groups is 3. The average molecular weight is 347 g/mol. The fraction of sp³-hybridized carbons (Fsp3) is 0.357. The summed E-state index contributed by atoms with van der Waals surface area (Å²) in [6.07, 6.45) is -4.70. The highest BCUT2D eigenvalue weighted by Gasteiger charge is 2.27. The summed E-state index contributed by atoms with van der Waals surface area (Å²) in [6, 6.07) is 4.68. The van der Waals surface area contributed by atoms with Crippen LogP contribution in [0.2, 0.25) is 0 Å². The van der Waals surface area contributed by atoms with Gasteiger partial charge in [0.25, 0.3) is 5.91 Å². The first kappa shape index (κ1) is 19.3. The molecular formula is C14H16F3N3O4. The van der Waals surface area contributed by atoms with Crippen molar-refractivity contribution in [3.8, 4) is 0 Å². The number of carbonyl (C=O) groups excluding carboxylic acids is 2. The number of urea groups is 1. The minimum Gasteiger partial charge on any atom is -0.481 e. The quantitative estimate of drug-likeness (QED) is 0.732. The van der Waals surface area contributed by atoms with Gasteiger partial charge in [0, 0.05) is 24.8 Å². The second kappa shape index (κ2) is 8.18. The lowest BCUT2D eigenvalue weighted by Gasteiger charge is -2.17. The van der Waals surface area contributed by atoms with Gasteiger partial charge in [0.05, 0.1) is 6.42 Å². The third-order valence-corrected chi connectivity index (χ3v) is 2.86. The maximum Gasteiger partial charge on any atom is 0.405 e. The Hall–Kier alpha value is -2.78. The molecule has 0 spiro atoms. The molecule has 132 valence electrons. The van der Waals surface area contributed by atoms with Gasteiger partial charge in [-0.3, -0.25) is 9.59 Å². The molecular weight excluding hydrogens is 331 g/mol. The maximum atomic E-state index is 12.0. The van der Waals surface area contributed by atoms with E-state index in [4.69, 9.17) is 5.11 Å². The van der Waals surface area contributed by atoms with E-state index >= 15 is 0 Å². The van der Waals surface area contributed by atoms with E-state index in [1.807, 2.05) is 0 Å². The Balaban J connectivity index is 2.56. The van der Waals surface area contributed by atoms with Gasteiger partial charge in [-0.05, 0) is 24.3 Å². The van der Waals surface area contributed by atoms with Crippen molar-refractivity contribution in [2.24, 2.45) is 0 Å². The first-order valence-electron chi connectivity index (χ1n) is 6.77. The van der Waals surface area contributed by atoms with Crippen molar-refractivity contribution in [3.63, 3.8) is 0 Å². The second-order valence-corrected chi connectivity index (χ2v) is 4.87. The summed E-state index contributed by atoms with van der Waals surface area (Å²) in [4.78, 5) is 34.9. The zero-order valence-corrected chi connectivity index (χ0v) is 12.7. The first-order chi connectivity index (χ1) is 11.1. The van der Waals surface area contributed by atoms with Crippen LogP contribution in [0.25, 0.3) is 0 Å². The molecule has 0 atom stereocenters. The third-order valence-electron chi connectivity index (χ3n) is 2.86. The lowest BCUT2D eigenvalue weighted by Crippen LogP contribution is -2.34. The van der Waals surface area contributed by atoms with E-state index in [0.717, 1.165) is 4.90 Å². The number of anilines is 1. The number of hydrogen-bond donors (Lipinski definition) is 3. The Bertz CT molecular complexity index is 602. The minimum atomic E-state index is -4.50. The predicted octanol–water partition coefficient (Wildman–Crippen LogP) is 1.92. The van der Waals surface area contributed by atoms with Crippen molar-refractivity contribution in [3.05, 3.63) is 29.8 Å². The summed E-state index contributed by atoms with van der Waals surface area (Å²) in [5.41, 5.74) is 0.325. The van der Waals surface area contributed by atoms with Gasteiger partial charge in [-0.25, -0.2) is 4.79 Å². The lowest BCUT2D eigenvalue weighted by atomic mass is 10.2. The molecule has 24 heavy (non-hydrogen) atoms. The molecule has 0 aliphatic rings. The Labute approximate surface area is 135 Å². The van der Waals surface area contributed by atoms with E-state index in [-0.39, 0.29) is 18.5 Å². The molecule has 1 aromatic carbocycles. The SMILES string of the molecule is CN(CCC(=O)O)C(=O)Nc1ccc(C(=O)NCC(F)(F)F)cc1. The highest BCUT2D eigenvalue weighted by molar-refractivity contribution is 5.95. The molecule has 1 rings (SSSR count). The van der Waals surface area contributed by atoms with Crippen LogP contribution in [0, 0.1) is 0 Å². The number of aliphatic carboxylic acids is 1. The molecule has 10 heteroatoms. The number of alkyl halides is 3. The van der Waals surface area contributed by atoms with E-state index in [0.29, 0.717) is 5.69 Å². The number of carboxylic acids is 1.